The van der Waals surface area contributed by atoms with Gasteiger partial charge < -0.3 is 25.7 Å². The fourth-order valence-electron chi connectivity index (χ4n) is 5.64. The summed E-state index contributed by atoms with van der Waals surface area (Å²) in [5.74, 6) is -0.992. The van der Waals surface area contributed by atoms with E-state index in [0.717, 1.165) is 51.1 Å². The second-order valence-electron chi connectivity index (χ2n) is 11.5. The number of para-hydroxylation sites is 1. The minimum atomic E-state index is -0.504. The number of amides is 3. The summed E-state index contributed by atoms with van der Waals surface area (Å²) in [4.78, 5) is 57.4. The summed E-state index contributed by atoms with van der Waals surface area (Å²) in [5, 5.41) is 10.0. The number of carbonyl (C=O) groups excluding carboxylic acids is 4. The van der Waals surface area contributed by atoms with Crippen LogP contribution in [0, 0.1) is 5.92 Å². The summed E-state index contributed by atoms with van der Waals surface area (Å²) in [6, 6.07) is 23.5. The molecular formula is C37H34N4O5S2. The molecule has 11 heteroatoms. The summed E-state index contributed by atoms with van der Waals surface area (Å²) >= 11 is 2.75. The van der Waals surface area contributed by atoms with Crippen LogP contribution in [0.5, 0.6) is 0 Å². The second kappa shape index (κ2) is 14.7. The molecule has 0 fully saturated rings. The first-order valence-electron chi connectivity index (χ1n) is 15.5. The van der Waals surface area contributed by atoms with Gasteiger partial charge in [0.25, 0.3) is 11.8 Å². The van der Waals surface area contributed by atoms with Gasteiger partial charge in [0, 0.05) is 43.7 Å². The van der Waals surface area contributed by atoms with Crippen LogP contribution in [0.25, 0.3) is 17.0 Å². The van der Waals surface area contributed by atoms with E-state index in [4.69, 9.17) is 4.74 Å². The molecule has 3 amide bonds. The Labute approximate surface area is 286 Å². The number of nitrogens with one attached hydrogen (secondary N) is 4. The SMILES string of the molecule is COC(=O)c1c(NC(=O)CSc2cccc(NC(=O)/C(=C/c3c[nH]c4ccccc34)NC(=O)c3ccccc3)c2)sc2c1CCC(C)C2. The number of thioether (sulfide) groups is 1. The summed E-state index contributed by atoms with van der Waals surface area (Å²) in [7, 11) is 1.35. The molecule has 9 nitrogen and oxygen atoms in total. The fraction of sp³-hybridized carbons (Fsp3) is 0.189. The Morgan fingerprint density at radius 3 is 2.60 bits per heavy atom. The summed E-state index contributed by atoms with van der Waals surface area (Å²) in [6.45, 7) is 2.19. The van der Waals surface area contributed by atoms with Crippen LogP contribution in [0.3, 0.4) is 0 Å². The first-order valence-corrected chi connectivity index (χ1v) is 17.3. The van der Waals surface area contributed by atoms with Crippen molar-refractivity contribution in [3.63, 3.8) is 0 Å². The van der Waals surface area contributed by atoms with Crippen LogP contribution in [-0.2, 0) is 27.2 Å². The lowest BCUT2D eigenvalue weighted by atomic mass is 9.88. The monoisotopic (exact) mass is 678 g/mol. The minimum Gasteiger partial charge on any atom is -0.465 e. The van der Waals surface area contributed by atoms with Crippen LogP contribution >= 0.6 is 23.1 Å². The van der Waals surface area contributed by atoms with E-state index in [1.54, 1.807) is 54.7 Å². The van der Waals surface area contributed by atoms with E-state index in [1.165, 1.54) is 30.2 Å². The number of ether oxygens (including phenoxy) is 1. The smallest absolute Gasteiger partial charge is 0.341 e. The van der Waals surface area contributed by atoms with Crippen molar-refractivity contribution in [3.8, 4) is 0 Å². The normalized spacial score (nSPS) is 14.2. The van der Waals surface area contributed by atoms with Gasteiger partial charge in [-0.15, -0.1) is 23.1 Å². The number of esters is 1. The maximum absolute atomic E-state index is 13.6. The molecule has 244 valence electrons. The largest absolute Gasteiger partial charge is 0.465 e. The summed E-state index contributed by atoms with van der Waals surface area (Å²) in [6.07, 6.45) is 6.08. The zero-order valence-corrected chi connectivity index (χ0v) is 28.1. The molecule has 1 aliphatic rings. The van der Waals surface area contributed by atoms with Gasteiger partial charge in [0.15, 0.2) is 0 Å². The molecule has 0 saturated heterocycles. The molecule has 4 N–H and O–H groups in total. The van der Waals surface area contributed by atoms with Gasteiger partial charge in [-0.05, 0) is 73.2 Å². The lowest BCUT2D eigenvalue weighted by molar-refractivity contribution is -0.114. The van der Waals surface area contributed by atoms with E-state index < -0.39 is 17.8 Å². The van der Waals surface area contributed by atoms with Crippen molar-refractivity contribution in [2.45, 2.75) is 31.1 Å². The molecule has 1 unspecified atom stereocenters. The third kappa shape index (κ3) is 7.53. The number of thiophene rings is 1. The number of hydrogen-bond acceptors (Lipinski definition) is 7. The van der Waals surface area contributed by atoms with Crippen LogP contribution < -0.4 is 16.0 Å². The van der Waals surface area contributed by atoms with Crippen molar-refractivity contribution < 1.29 is 23.9 Å². The molecule has 1 atom stereocenters. The Morgan fingerprint density at radius 2 is 1.79 bits per heavy atom. The molecule has 2 heterocycles. The Kier molecular flexibility index (Phi) is 10.1. The zero-order valence-electron chi connectivity index (χ0n) is 26.4. The molecule has 3 aromatic carbocycles. The van der Waals surface area contributed by atoms with Gasteiger partial charge in [-0.25, -0.2) is 4.79 Å². The van der Waals surface area contributed by atoms with Gasteiger partial charge >= 0.3 is 5.97 Å². The van der Waals surface area contributed by atoms with Crippen LogP contribution in [0.2, 0.25) is 0 Å². The second-order valence-corrected chi connectivity index (χ2v) is 13.7. The van der Waals surface area contributed by atoms with Crippen molar-refractivity contribution in [2.75, 3.05) is 23.5 Å². The van der Waals surface area contributed by atoms with Gasteiger partial charge in [-0.3, -0.25) is 14.4 Å². The topological polar surface area (TPSA) is 129 Å². The molecular weight excluding hydrogens is 645 g/mol. The van der Waals surface area contributed by atoms with Crippen molar-refractivity contribution in [2.24, 2.45) is 5.92 Å². The Morgan fingerprint density at radius 1 is 1.00 bits per heavy atom. The maximum atomic E-state index is 13.6. The number of rotatable bonds is 10. The number of anilines is 2. The average Bonchev–Trinajstić information content (AvgIpc) is 3.67. The predicted molar refractivity (Wildman–Crippen MR) is 191 cm³/mol. The van der Waals surface area contributed by atoms with E-state index in [1.807, 2.05) is 36.4 Å². The van der Waals surface area contributed by atoms with Crippen molar-refractivity contribution in [1.29, 1.82) is 0 Å². The minimum absolute atomic E-state index is 0.0699. The molecule has 6 rings (SSSR count). The van der Waals surface area contributed by atoms with Crippen LogP contribution in [0.1, 0.15) is 50.1 Å². The highest BCUT2D eigenvalue weighted by Gasteiger charge is 2.29. The van der Waals surface area contributed by atoms with E-state index in [0.29, 0.717) is 27.7 Å². The Balaban J connectivity index is 1.15. The average molecular weight is 679 g/mol. The first kappa shape index (κ1) is 32.8. The number of methoxy groups -OCH3 is 1. The predicted octanol–water partition coefficient (Wildman–Crippen LogP) is 7.28. The first-order chi connectivity index (χ1) is 23.3. The molecule has 0 spiro atoms. The van der Waals surface area contributed by atoms with E-state index in [2.05, 4.69) is 27.9 Å². The molecule has 2 aromatic heterocycles. The number of benzene rings is 3. The highest BCUT2D eigenvalue weighted by molar-refractivity contribution is 8.00. The highest BCUT2D eigenvalue weighted by Crippen LogP contribution is 2.40. The van der Waals surface area contributed by atoms with Gasteiger partial charge in [-0.1, -0.05) is 49.4 Å². The third-order valence-corrected chi connectivity index (χ3v) is 10.2. The van der Waals surface area contributed by atoms with Crippen LogP contribution in [0.15, 0.2) is 95.7 Å². The van der Waals surface area contributed by atoms with Gasteiger partial charge in [0.05, 0.1) is 18.4 Å². The molecule has 0 aliphatic heterocycles. The van der Waals surface area contributed by atoms with Crippen molar-refractivity contribution >= 4 is 74.5 Å². The van der Waals surface area contributed by atoms with E-state index >= 15 is 0 Å². The quantitative estimate of drug-likeness (QED) is 0.0698. The van der Waals surface area contributed by atoms with Crippen LogP contribution in [0.4, 0.5) is 10.7 Å². The van der Waals surface area contributed by atoms with Gasteiger partial charge in [-0.2, -0.15) is 0 Å². The van der Waals surface area contributed by atoms with Gasteiger partial charge in [0.2, 0.25) is 5.91 Å². The number of H-pyrrole nitrogens is 1. The van der Waals surface area contributed by atoms with E-state index in [-0.39, 0.29) is 17.4 Å². The van der Waals surface area contributed by atoms with Crippen LogP contribution in [-0.4, -0.2) is 41.5 Å². The number of aromatic amines is 1. The number of hydrogen-bond donors (Lipinski definition) is 4. The number of aromatic nitrogens is 1. The summed E-state index contributed by atoms with van der Waals surface area (Å²) < 4.78 is 5.04. The molecule has 0 saturated carbocycles. The Hall–Kier alpha value is -5.13. The lowest BCUT2D eigenvalue weighted by Gasteiger charge is -2.18. The third-order valence-electron chi connectivity index (χ3n) is 8.07. The molecule has 0 radical (unpaired) electrons. The molecule has 5 aromatic rings. The zero-order chi connectivity index (χ0) is 33.6. The number of fused-ring (bicyclic) bond motifs is 2. The maximum Gasteiger partial charge on any atom is 0.341 e. The lowest BCUT2D eigenvalue weighted by Crippen LogP contribution is -2.30. The Bertz CT molecular complexity index is 2030. The highest BCUT2D eigenvalue weighted by atomic mass is 32.2. The molecule has 1 aliphatic carbocycles. The standard InChI is InChI=1S/C37H34N4O5S2/c1-22-15-16-28-31(17-22)48-36(33(28)37(45)46-2)41-32(42)21-47-26-12-8-11-25(19-26)39-35(44)30(40-34(43)23-9-4-3-5-10-23)18-24-20-38-29-14-7-6-13-27(24)29/h3-14,18-20,22,38H,15-17,21H2,1-2H3,(H,39,44)(H,40,43)(H,41,42)/b30-18-. The van der Waals surface area contributed by atoms with Crippen molar-refractivity contribution in [3.05, 3.63) is 118 Å². The fourth-order valence-corrected chi connectivity index (χ4v) is 7.81. The van der Waals surface area contributed by atoms with Crippen molar-refractivity contribution in [1.82, 2.24) is 10.3 Å². The summed E-state index contributed by atoms with van der Waals surface area (Å²) in [5.41, 5.74) is 4.08. The number of carbonyl (C=O) groups is 4. The molecule has 0 bridgehead atoms. The molecule has 48 heavy (non-hydrogen) atoms. The van der Waals surface area contributed by atoms with Gasteiger partial charge in [0.1, 0.15) is 10.7 Å². The van der Waals surface area contributed by atoms with E-state index in [9.17, 15) is 19.2 Å².